The molecule has 1 fully saturated rings. The molecule has 186 valence electrons. The molecule has 35 heavy (non-hydrogen) atoms. The van der Waals surface area contributed by atoms with Gasteiger partial charge < -0.3 is 0 Å². The maximum absolute atomic E-state index is 4.60. The molecule has 1 aliphatic rings. The lowest BCUT2D eigenvalue weighted by Crippen LogP contribution is -2.48. The topological polar surface area (TPSA) is 50.1 Å². The minimum absolute atomic E-state index is 0.0347. The normalized spacial score (nSPS) is 17.2. The molecule has 1 unspecified atom stereocenters. The molecule has 1 aliphatic heterocycles. The first-order valence-corrected chi connectivity index (χ1v) is 12.7. The van der Waals surface area contributed by atoms with Gasteiger partial charge in [-0.25, -0.2) is 4.68 Å². The van der Waals surface area contributed by atoms with Crippen molar-refractivity contribution >= 4 is 6.08 Å². The second kappa shape index (κ2) is 10.8. The zero-order valence-corrected chi connectivity index (χ0v) is 21.9. The van der Waals surface area contributed by atoms with E-state index in [0.29, 0.717) is 0 Å². The zero-order valence-electron chi connectivity index (χ0n) is 21.9. The first kappa shape index (κ1) is 25.3. The lowest BCUT2D eigenvalue weighted by molar-refractivity contribution is 0.106. The number of nitrogens with zero attached hydrogens (tertiary/aromatic N) is 6. The summed E-state index contributed by atoms with van der Waals surface area (Å²) in [5.41, 5.74) is 2.48. The monoisotopic (exact) mass is 472 g/mol. The zero-order chi connectivity index (χ0) is 24.9. The lowest BCUT2D eigenvalue weighted by Gasteiger charge is -2.40. The highest BCUT2D eigenvalue weighted by molar-refractivity contribution is 5.48. The Labute approximate surface area is 210 Å². The van der Waals surface area contributed by atoms with E-state index in [-0.39, 0.29) is 17.0 Å². The Hall–Kier alpha value is -2.83. The van der Waals surface area contributed by atoms with Crippen LogP contribution < -0.4 is 0 Å². The lowest BCUT2D eigenvalue weighted by atomic mass is 9.81. The molecular weight excluding hydrogens is 432 g/mol. The SMILES string of the molecule is CC(C)(C)CC(C)(C)n1nnnc1C(c1ccccc1)N1CCN(CC=Cc2ccccc2)CC1. The van der Waals surface area contributed by atoms with Crippen molar-refractivity contribution in [3.05, 3.63) is 83.7 Å². The van der Waals surface area contributed by atoms with Crippen LogP contribution in [0, 0.1) is 5.41 Å². The van der Waals surface area contributed by atoms with Crippen LogP contribution in [0.15, 0.2) is 66.7 Å². The Kier molecular flexibility index (Phi) is 7.82. The summed E-state index contributed by atoms with van der Waals surface area (Å²) in [6, 6.07) is 21.2. The molecule has 2 aromatic carbocycles. The molecule has 0 spiro atoms. The molecule has 0 aliphatic carbocycles. The van der Waals surface area contributed by atoms with Crippen LogP contribution in [0.2, 0.25) is 0 Å². The number of hydrogen-bond acceptors (Lipinski definition) is 5. The van der Waals surface area contributed by atoms with Gasteiger partial charge in [-0.3, -0.25) is 9.80 Å². The maximum atomic E-state index is 4.60. The van der Waals surface area contributed by atoms with Gasteiger partial charge in [-0.2, -0.15) is 0 Å². The minimum atomic E-state index is -0.186. The summed E-state index contributed by atoms with van der Waals surface area (Å²) in [7, 11) is 0. The van der Waals surface area contributed by atoms with Gasteiger partial charge in [0.05, 0.1) is 11.6 Å². The van der Waals surface area contributed by atoms with Gasteiger partial charge in [0, 0.05) is 32.7 Å². The van der Waals surface area contributed by atoms with E-state index in [2.05, 4.69) is 137 Å². The van der Waals surface area contributed by atoms with Crippen molar-refractivity contribution in [2.45, 2.75) is 52.6 Å². The van der Waals surface area contributed by atoms with Crippen molar-refractivity contribution in [3.8, 4) is 0 Å². The van der Waals surface area contributed by atoms with Gasteiger partial charge in [0.25, 0.3) is 0 Å². The van der Waals surface area contributed by atoms with Crippen LogP contribution in [-0.2, 0) is 5.54 Å². The van der Waals surface area contributed by atoms with Crippen molar-refractivity contribution in [2.24, 2.45) is 5.41 Å². The van der Waals surface area contributed by atoms with Gasteiger partial charge in [0.2, 0.25) is 0 Å². The smallest absolute Gasteiger partial charge is 0.173 e. The van der Waals surface area contributed by atoms with E-state index < -0.39 is 0 Å². The summed E-state index contributed by atoms with van der Waals surface area (Å²) in [4.78, 5) is 5.06. The van der Waals surface area contributed by atoms with E-state index in [1.807, 2.05) is 0 Å². The van der Waals surface area contributed by atoms with Crippen LogP contribution in [0.25, 0.3) is 6.08 Å². The van der Waals surface area contributed by atoms with Gasteiger partial charge in [-0.15, -0.1) is 5.10 Å². The molecule has 0 bridgehead atoms. The van der Waals surface area contributed by atoms with Crippen molar-refractivity contribution in [3.63, 3.8) is 0 Å². The average molecular weight is 473 g/mol. The Bertz CT molecular complexity index is 1070. The number of rotatable bonds is 8. The summed E-state index contributed by atoms with van der Waals surface area (Å²) in [5, 5.41) is 13.3. The minimum Gasteiger partial charge on any atom is -0.297 e. The maximum Gasteiger partial charge on any atom is 0.173 e. The Balaban J connectivity index is 1.51. The quantitative estimate of drug-likeness (QED) is 0.447. The number of aromatic nitrogens is 4. The second-order valence-electron chi connectivity index (χ2n) is 11.5. The molecule has 3 aromatic rings. The number of hydrogen-bond donors (Lipinski definition) is 0. The van der Waals surface area contributed by atoms with Crippen LogP contribution in [-0.4, -0.2) is 62.7 Å². The van der Waals surface area contributed by atoms with Crippen LogP contribution in [0.4, 0.5) is 0 Å². The molecule has 4 rings (SSSR count). The molecular formula is C29H40N6. The first-order valence-electron chi connectivity index (χ1n) is 12.7. The standard InChI is InChI=1S/C29H40N6/c1-28(2,3)23-29(4,5)35-27(30-31-32-35)26(25-16-10-7-11-17-25)34-21-19-33(20-22-34)18-12-15-24-13-8-6-9-14-24/h6-17,26H,18-23H2,1-5H3. The Morgan fingerprint density at radius 2 is 1.49 bits per heavy atom. The fraction of sp³-hybridized carbons (Fsp3) is 0.483. The van der Waals surface area contributed by atoms with E-state index in [4.69, 9.17) is 0 Å². The van der Waals surface area contributed by atoms with E-state index in [1.165, 1.54) is 11.1 Å². The highest BCUT2D eigenvalue weighted by Gasteiger charge is 2.36. The first-order chi connectivity index (χ1) is 16.7. The molecule has 6 heteroatoms. The molecule has 1 saturated heterocycles. The highest BCUT2D eigenvalue weighted by atomic mass is 15.6. The Morgan fingerprint density at radius 1 is 0.857 bits per heavy atom. The van der Waals surface area contributed by atoms with Crippen LogP contribution in [0.1, 0.15) is 64.0 Å². The molecule has 0 amide bonds. The van der Waals surface area contributed by atoms with Crippen LogP contribution in [0.3, 0.4) is 0 Å². The van der Waals surface area contributed by atoms with Crippen molar-refractivity contribution in [1.82, 2.24) is 30.0 Å². The average Bonchev–Trinajstić information content (AvgIpc) is 3.31. The number of benzene rings is 2. The third-order valence-corrected chi connectivity index (χ3v) is 6.64. The van der Waals surface area contributed by atoms with E-state index >= 15 is 0 Å². The molecule has 0 saturated carbocycles. The summed E-state index contributed by atoms with van der Waals surface area (Å²) in [6.45, 7) is 16.3. The summed E-state index contributed by atoms with van der Waals surface area (Å²) >= 11 is 0. The van der Waals surface area contributed by atoms with Gasteiger partial charge in [-0.05, 0) is 47.2 Å². The molecule has 1 aromatic heterocycles. The predicted octanol–water partition coefficient (Wildman–Crippen LogP) is 5.26. The predicted molar refractivity (Wildman–Crippen MR) is 143 cm³/mol. The van der Waals surface area contributed by atoms with Crippen LogP contribution >= 0.6 is 0 Å². The largest absolute Gasteiger partial charge is 0.297 e. The highest BCUT2D eigenvalue weighted by Crippen LogP contribution is 2.35. The van der Waals surface area contributed by atoms with Crippen molar-refractivity contribution in [2.75, 3.05) is 32.7 Å². The summed E-state index contributed by atoms with van der Waals surface area (Å²) in [5.74, 6) is 0.933. The van der Waals surface area contributed by atoms with Crippen molar-refractivity contribution < 1.29 is 0 Å². The molecule has 2 heterocycles. The molecule has 0 N–H and O–H groups in total. The van der Waals surface area contributed by atoms with Gasteiger partial charge in [0.15, 0.2) is 5.82 Å². The Morgan fingerprint density at radius 3 is 2.11 bits per heavy atom. The third-order valence-electron chi connectivity index (χ3n) is 6.64. The molecule has 0 radical (unpaired) electrons. The van der Waals surface area contributed by atoms with Gasteiger partial charge in [-0.1, -0.05) is 93.6 Å². The molecule has 6 nitrogen and oxygen atoms in total. The fourth-order valence-corrected chi connectivity index (χ4v) is 5.43. The molecule has 1 atom stereocenters. The number of piperazine rings is 1. The van der Waals surface area contributed by atoms with E-state index in [1.54, 1.807) is 0 Å². The second-order valence-corrected chi connectivity index (χ2v) is 11.5. The van der Waals surface area contributed by atoms with Gasteiger partial charge >= 0.3 is 0 Å². The summed E-state index contributed by atoms with van der Waals surface area (Å²) in [6.07, 6.45) is 5.47. The fourth-order valence-electron chi connectivity index (χ4n) is 5.43. The number of tetrazole rings is 1. The van der Waals surface area contributed by atoms with E-state index in [9.17, 15) is 0 Å². The van der Waals surface area contributed by atoms with Gasteiger partial charge in [0.1, 0.15) is 0 Å². The van der Waals surface area contributed by atoms with Crippen molar-refractivity contribution in [1.29, 1.82) is 0 Å². The summed E-state index contributed by atoms with van der Waals surface area (Å²) < 4.78 is 2.07. The van der Waals surface area contributed by atoms with E-state index in [0.717, 1.165) is 45.0 Å². The third kappa shape index (κ3) is 6.65. The van der Waals surface area contributed by atoms with Crippen LogP contribution in [0.5, 0.6) is 0 Å².